The van der Waals surface area contributed by atoms with Gasteiger partial charge in [-0.15, -0.1) is 0 Å². The van der Waals surface area contributed by atoms with Crippen molar-refractivity contribution in [3.63, 3.8) is 0 Å². The smallest absolute Gasteiger partial charge is 0.303 e. The highest BCUT2D eigenvalue weighted by Crippen LogP contribution is 2.21. The number of aromatic hydroxyl groups is 1. The van der Waals surface area contributed by atoms with Crippen LogP contribution in [0, 0.1) is 5.92 Å². The lowest BCUT2D eigenvalue weighted by molar-refractivity contribution is -0.138. The zero-order valence-electron chi connectivity index (χ0n) is 10.5. The molecule has 1 atom stereocenters. The highest BCUT2D eigenvalue weighted by molar-refractivity contribution is 5.94. The minimum atomic E-state index is -0.835. The Labute approximate surface area is 110 Å². The van der Waals surface area contributed by atoms with E-state index in [0.717, 1.165) is 12.8 Å². The average Bonchev–Trinajstić information content (AvgIpc) is 2.37. The van der Waals surface area contributed by atoms with Gasteiger partial charge in [-0.3, -0.25) is 14.6 Å². The summed E-state index contributed by atoms with van der Waals surface area (Å²) in [5.41, 5.74) is 0.330. The highest BCUT2D eigenvalue weighted by Gasteiger charge is 2.26. The van der Waals surface area contributed by atoms with Gasteiger partial charge in [0.25, 0.3) is 5.91 Å². The largest absolute Gasteiger partial charge is 0.506 e. The van der Waals surface area contributed by atoms with Gasteiger partial charge in [-0.25, -0.2) is 0 Å². The minimum Gasteiger partial charge on any atom is -0.506 e. The molecule has 0 saturated carbocycles. The lowest BCUT2D eigenvalue weighted by atomic mass is 9.94. The van der Waals surface area contributed by atoms with Gasteiger partial charge in [-0.2, -0.15) is 0 Å². The summed E-state index contributed by atoms with van der Waals surface area (Å²) >= 11 is 0. The normalized spacial score (nSPS) is 19.2. The number of carbonyl (C=O) groups excluding carboxylic acids is 1. The third-order valence-electron chi connectivity index (χ3n) is 3.24. The Morgan fingerprint density at radius 2 is 2.21 bits per heavy atom. The van der Waals surface area contributed by atoms with Crippen molar-refractivity contribution >= 4 is 11.9 Å². The molecule has 1 aromatic heterocycles. The molecule has 1 aliphatic heterocycles. The number of carboxylic acids is 1. The summed E-state index contributed by atoms with van der Waals surface area (Å²) in [7, 11) is 0. The van der Waals surface area contributed by atoms with Crippen molar-refractivity contribution in [3.8, 4) is 5.75 Å². The first kappa shape index (κ1) is 13.3. The number of piperidine rings is 1. The fourth-order valence-corrected chi connectivity index (χ4v) is 2.39. The van der Waals surface area contributed by atoms with E-state index in [-0.39, 0.29) is 24.0 Å². The van der Waals surface area contributed by atoms with Gasteiger partial charge in [0.1, 0.15) is 5.75 Å². The van der Waals surface area contributed by atoms with Gasteiger partial charge in [-0.05, 0) is 24.8 Å². The van der Waals surface area contributed by atoms with Crippen molar-refractivity contribution in [2.24, 2.45) is 5.92 Å². The molecule has 1 aromatic rings. The van der Waals surface area contributed by atoms with Crippen LogP contribution >= 0.6 is 0 Å². The van der Waals surface area contributed by atoms with Gasteiger partial charge in [0, 0.05) is 25.7 Å². The molecule has 0 aliphatic carbocycles. The van der Waals surface area contributed by atoms with Crippen LogP contribution in [0.2, 0.25) is 0 Å². The number of amides is 1. The van der Waals surface area contributed by atoms with Crippen LogP contribution in [0.5, 0.6) is 5.75 Å². The third kappa shape index (κ3) is 3.43. The number of aliphatic carboxylic acids is 1. The molecule has 0 bridgehead atoms. The second-order valence-corrected chi connectivity index (χ2v) is 4.79. The summed E-state index contributed by atoms with van der Waals surface area (Å²) in [4.78, 5) is 28.3. The van der Waals surface area contributed by atoms with E-state index in [9.17, 15) is 14.7 Å². The van der Waals surface area contributed by atoms with E-state index >= 15 is 0 Å². The van der Waals surface area contributed by atoms with E-state index in [1.807, 2.05) is 0 Å². The molecule has 0 spiro atoms. The van der Waals surface area contributed by atoms with E-state index in [4.69, 9.17) is 5.11 Å². The topological polar surface area (TPSA) is 90.7 Å². The predicted molar refractivity (Wildman–Crippen MR) is 66.8 cm³/mol. The van der Waals surface area contributed by atoms with Gasteiger partial charge < -0.3 is 15.1 Å². The molecule has 2 rings (SSSR count). The molecule has 2 N–H and O–H groups in total. The first-order valence-corrected chi connectivity index (χ1v) is 6.21. The second kappa shape index (κ2) is 5.69. The number of carboxylic acid groups (broad SMARTS) is 1. The van der Waals surface area contributed by atoms with Crippen LogP contribution in [0.3, 0.4) is 0 Å². The summed E-state index contributed by atoms with van der Waals surface area (Å²) in [6.45, 7) is 1.06. The number of hydrogen-bond donors (Lipinski definition) is 2. The monoisotopic (exact) mass is 264 g/mol. The Hall–Kier alpha value is -2.11. The lowest BCUT2D eigenvalue weighted by Gasteiger charge is -2.32. The molecule has 1 saturated heterocycles. The maximum absolute atomic E-state index is 12.2. The molecule has 0 radical (unpaired) electrons. The fourth-order valence-electron chi connectivity index (χ4n) is 2.39. The zero-order valence-corrected chi connectivity index (χ0v) is 10.5. The summed E-state index contributed by atoms with van der Waals surface area (Å²) in [6.07, 6.45) is 4.38. The van der Waals surface area contributed by atoms with Gasteiger partial charge >= 0.3 is 5.97 Å². The van der Waals surface area contributed by atoms with Gasteiger partial charge in [0.15, 0.2) is 0 Å². The van der Waals surface area contributed by atoms with Crippen molar-refractivity contribution in [2.75, 3.05) is 13.1 Å². The van der Waals surface area contributed by atoms with E-state index in [1.54, 1.807) is 4.90 Å². The summed E-state index contributed by atoms with van der Waals surface area (Å²) in [6, 6.07) is 1.37. The molecule has 1 amide bonds. The first-order chi connectivity index (χ1) is 9.06. The molecule has 1 unspecified atom stereocenters. The van der Waals surface area contributed by atoms with Crippen LogP contribution in [0.15, 0.2) is 18.5 Å². The molecule has 1 fully saturated rings. The summed E-state index contributed by atoms with van der Waals surface area (Å²) < 4.78 is 0. The van der Waals surface area contributed by atoms with Crippen LogP contribution < -0.4 is 0 Å². The lowest BCUT2D eigenvalue weighted by Crippen LogP contribution is -2.40. The standard InChI is InChI=1S/C13H16N2O4/c16-11-5-10(6-14-7-11)13(19)15-3-1-2-9(8-15)4-12(17)18/h5-7,9,16H,1-4,8H2,(H,17,18). The molecule has 2 heterocycles. The van der Waals surface area contributed by atoms with E-state index in [2.05, 4.69) is 4.98 Å². The van der Waals surface area contributed by atoms with Crippen molar-refractivity contribution < 1.29 is 19.8 Å². The summed E-state index contributed by atoms with van der Waals surface area (Å²) in [5.74, 6) is -1.10. The second-order valence-electron chi connectivity index (χ2n) is 4.79. The van der Waals surface area contributed by atoms with Gasteiger partial charge in [0.2, 0.25) is 0 Å². The maximum atomic E-state index is 12.2. The van der Waals surface area contributed by atoms with Crippen LogP contribution in [0.25, 0.3) is 0 Å². The molecule has 6 heteroatoms. The Bertz CT molecular complexity index is 489. The van der Waals surface area contributed by atoms with Crippen LogP contribution in [0.1, 0.15) is 29.6 Å². The molecule has 1 aliphatic rings. The Balaban J connectivity index is 2.04. The predicted octanol–water partition coefficient (Wildman–Crippen LogP) is 1.11. The summed E-state index contributed by atoms with van der Waals surface area (Å²) in [5, 5.41) is 18.1. The zero-order chi connectivity index (χ0) is 13.8. The minimum absolute atomic E-state index is 0.000434. The van der Waals surface area contributed by atoms with Crippen molar-refractivity contribution in [2.45, 2.75) is 19.3 Å². The van der Waals surface area contributed by atoms with Gasteiger partial charge in [0.05, 0.1) is 11.8 Å². The molecule has 0 aromatic carbocycles. The quantitative estimate of drug-likeness (QED) is 0.853. The van der Waals surface area contributed by atoms with E-state index in [1.165, 1.54) is 18.5 Å². The van der Waals surface area contributed by atoms with Crippen LogP contribution in [-0.2, 0) is 4.79 Å². The molecular formula is C13H16N2O4. The molecule has 102 valence electrons. The average molecular weight is 264 g/mol. The third-order valence-corrected chi connectivity index (χ3v) is 3.24. The first-order valence-electron chi connectivity index (χ1n) is 6.21. The molecule has 19 heavy (non-hydrogen) atoms. The van der Waals surface area contributed by atoms with Crippen molar-refractivity contribution in [3.05, 3.63) is 24.0 Å². The Morgan fingerprint density at radius 3 is 2.89 bits per heavy atom. The van der Waals surface area contributed by atoms with Crippen molar-refractivity contribution in [1.29, 1.82) is 0 Å². The van der Waals surface area contributed by atoms with Crippen molar-refractivity contribution in [1.82, 2.24) is 9.88 Å². The maximum Gasteiger partial charge on any atom is 0.303 e. The number of aromatic nitrogens is 1. The van der Waals surface area contributed by atoms with Crippen LogP contribution in [0.4, 0.5) is 0 Å². The van der Waals surface area contributed by atoms with Gasteiger partial charge in [-0.1, -0.05) is 0 Å². The number of rotatable bonds is 3. The van der Waals surface area contributed by atoms with E-state index in [0.29, 0.717) is 18.7 Å². The highest BCUT2D eigenvalue weighted by atomic mass is 16.4. The molecule has 6 nitrogen and oxygen atoms in total. The number of pyridine rings is 1. The fraction of sp³-hybridized carbons (Fsp3) is 0.462. The van der Waals surface area contributed by atoms with Crippen LogP contribution in [-0.4, -0.2) is 45.1 Å². The Morgan fingerprint density at radius 1 is 1.42 bits per heavy atom. The number of nitrogens with zero attached hydrogens (tertiary/aromatic N) is 2. The number of likely N-dealkylation sites (tertiary alicyclic amines) is 1. The SMILES string of the molecule is O=C(O)CC1CCCN(C(=O)c2cncc(O)c2)C1. The number of carbonyl (C=O) groups is 2. The molecular weight excluding hydrogens is 248 g/mol. The van der Waals surface area contributed by atoms with E-state index < -0.39 is 5.97 Å². The number of hydrogen-bond acceptors (Lipinski definition) is 4. The Kier molecular flexibility index (Phi) is 3.99.